The van der Waals surface area contributed by atoms with Gasteiger partial charge in [0.2, 0.25) is 5.69 Å². The minimum atomic E-state index is -1.28. The van der Waals surface area contributed by atoms with Gasteiger partial charge >= 0.3 is 5.97 Å². The first-order chi connectivity index (χ1) is 11.0. The molecule has 122 valence electrons. The van der Waals surface area contributed by atoms with Crippen LogP contribution in [0.1, 0.15) is 49.6 Å². The van der Waals surface area contributed by atoms with Crippen LogP contribution in [-0.2, 0) is 0 Å². The van der Waals surface area contributed by atoms with Crippen molar-refractivity contribution >= 4 is 17.0 Å². The van der Waals surface area contributed by atoms with Gasteiger partial charge in [-0.3, -0.25) is 4.79 Å². The van der Waals surface area contributed by atoms with Crippen molar-refractivity contribution < 1.29 is 9.90 Å². The molecule has 2 aromatic rings. The van der Waals surface area contributed by atoms with Gasteiger partial charge in [0.15, 0.2) is 0 Å². The predicted octanol–water partition coefficient (Wildman–Crippen LogP) is 2.19. The molecule has 0 bridgehead atoms. The topological polar surface area (TPSA) is 84.2 Å². The summed E-state index contributed by atoms with van der Waals surface area (Å²) in [5, 5.41) is 12.8. The van der Waals surface area contributed by atoms with E-state index in [2.05, 4.69) is 17.2 Å². The van der Waals surface area contributed by atoms with Crippen molar-refractivity contribution in [1.82, 2.24) is 14.9 Å². The Morgan fingerprint density at radius 2 is 2.17 bits per heavy atom. The number of aromatic carboxylic acids is 1. The molecule has 2 N–H and O–H groups in total. The van der Waals surface area contributed by atoms with Crippen LogP contribution in [0.2, 0.25) is 0 Å². The Bertz CT molecular complexity index is 799. The van der Waals surface area contributed by atoms with Crippen molar-refractivity contribution in [2.24, 2.45) is 0 Å². The number of carboxylic acids is 1. The highest BCUT2D eigenvalue weighted by Crippen LogP contribution is 2.23. The normalized spacial score (nSPS) is 22.3. The predicted molar refractivity (Wildman–Crippen MR) is 87.9 cm³/mol. The zero-order chi connectivity index (χ0) is 16.6. The maximum absolute atomic E-state index is 12.6. The summed E-state index contributed by atoms with van der Waals surface area (Å²) in [5.74, 6) is -1.28. The lowest BCUT2D eigenvalue weighted by Crippen LogP contribution is -2.34. The SMILES string of the molecule is C[C@H]1CC[C@@H](C[C@H](C)n2c(=O)c(C(=O)O)nc3ccccc32)N1. The largest absolute Gasteiger partial charge is 0.476 e. The van der Waals surface area contributed by atoms with Gasteiger partial charge in [-0.2, -0.15) is 0 Å². The fraction of sp³-hybridized carbons (Fsp3) is 0.471. The van der Waals surface area contributed by atoms with E-state index in [1.54, 1.807) is 16.7 Å². The number of hydrogen-bond donors (Lipinski definition) is 2. The Hall–Kier alpha value is -2.21. The van der Waals surface area contributed by atoms with Gasteiger partial charge < -0.3 is 15.0 Å². The fourth-order valence-corrected chi connectivity index (χ4v) is 3.45. The van der Waals surface area contributed by atoms with Gasteiger partial charge in [0.05, 0.1) is 11.0 Å². The van der Waals surface area contributed by atoms with Crippen LogP contribution in [0.15, 0.2) is 29.1 Å². The van der Waals surface area contributed by atoms with Crippen molar-refractivity contribution in [2.75, 3.05) is 0 Å². The van der Waals surface area contributed by atoms with Crippen LogP contribution >= 0.6 is 0 Å². The lowest BCUT2D eigenvalue weighted by atomic mass is 10.1. The summed E-state index contributed by atoms with van der Waals surface area (Å²) in [6.45, 7) is 4.12. The molecule has 23 heavy (non-hydrogen) atoms. The standard InChI is InChI=1S/C17H21N3O3/c1-10-7-8-12(18-10)9-11(2)20-14-6-4-3-5-13(14)19-15(16(20)21)17(22)23/h3-6,10-12,18H,7-9H2,1-2H3,(H,22,23)/t10-,11-,12-/m0/s1. The number of para-hydroxylation sites is 2. The third-order valence-corrected chi connectivity index (χ3v) is 4.53. The smallest absolute Gasteiger partial charge is 0.360 e. The lowest BCUT2D eigenvalue weighted by Gasteiger charge is -2.22. The van der Waals surface area contributed by atoms with Crippen LogP contribution < -0.4 is 10.9 Å². The molecule has 1 aliphatic heterocycles. The van der Waals surface area contributed by atoms with E-state index in [0.29, 0.717) is 23.1 Å². The molecule has 1 saturated heterocycles. The van der Waals surface area contributed by atoms with Crippen molar-refractivity contribution in [2.45, 2.75) is 51.2 Å². The average Bonchev–Trinajstić information content (AvgIpc) is 2.91. The molecule has 0 unspecified atom stereocenters. The molecule has 0 aliphatic carbocycles. The number of carbonyl (C=O) groups is 1. The minimum absolute atomic E-state index is 0.101. The fourth-order valence-electron chi connectivity index (χ4n) is 3.45. The van der Waals surface area contributed by atoms with Gasteiger partial charge in [-0.1, -0.05) is 12.1 Å². The average molecular weight is 315 g/mol. The number of nitrogens with zero attached hydrogens (tertiary/aromatic N) is 2. The Labute approximate surface area is 134 Å². The molecule has 1 aromatic heterocycles. The second-order valence-electron chi connectivity index (χ2n) is 6.36. The van der Waals surface area contributed by atoms with Gasteiger partial charge in [-0.25, -0.2) is 9.78 Å². The van der Waals surface area contributed by atoms with E-state index >= 15 is 0 Å². The molecule has 0 saturated carbocycles. The van der Waals surface area contributed by atoms with E-state index in [9.17, 15) is 14.7 Å². The van der Waals surface area contributed by atoms with Crippen LogP contribution in [-0.4, -0.2) is 32.7 Å². The Morgan fingerprint density at radius 1 is 1.43 bits per heavy atom. The molecule has 0 radical (unpaired) electrons. The maximum Gasteiger partial charge on any atom is 0.360 e. The summed E-state index contributed by atoms with van der Waals surface area (Å²) in [5.41, 5.74) is 0.267. The number of benzene rings is 1. The van der Waals surface area contributed by atoms with Gasteiger partial charge in [-0.05, 0) is 45.2 Å². The van der Waals surface area contributed by atoms with Crippen molar-refractivity contribution in [3.63, 3.8) is 0 Å². The van der Waals surface area contributed by atoms with Crippen LogP contribution in [0.3, 0.4) is 0 Å². The van der Waals surface area contributed by atoms with Crippen LogP contribution in [0.4, 0.5) is 0 Å². The van der Waals surface area contributed by atoms with E-state index in [0.717, 1.165) is 19.3 Å². The Balaban J connectivity index is 2.05. The van der Waals surface area contributed by atoms with Crippen LogP contribution in [0.5, 0.6) is 0 Å². The molecule has 3 atom stereocenters. The highest BCUT2D eigenvalue weighted by molar-refractivity contribution is 5.88. The summed E-state index contributed by atoms with van der Waals surface area (Å²) in [6, 6.07) is 7.93. The van der Waals surface area contributed by atoms with Crippen molar-refractivity contribution in [1.29, 1.82) is 0 Å². The Morgan fingerprint density at radius 3 is 2.83 bits per heavy atom. The number of rotatable bonds is 4. The molecule has 0 amide bonds. The van der Waals surface area contributed by atoms with Gasteiger partial charge in [-0.15, -0.1) is 0 Å². The summed E-state index contributed by atoms with van der Waals surface area (Å²) < 4.78 is 1.58. The first-order valence-electron chi connectivity index (χ1n) is 7.98. The molecular formula is C17H21N3O3. The quantitative estimate of drug-likeness (QED) is 0.903. The summed E-state index contributed by atoms with van der Waals surface area (Å²) in [7, 11) is 0. The van der Waals surface area contributed by atoms with E-state index in [-0.39, 0.29) is 6.04 Å². The Kier molecular flexibility index (Phi) is 4.17. The molecule has 3 rings (SSSR count). The third kappa shape index (κ3) is 2.99. The van der Waals surface area contributed by atoms with Gasteiger partial charge in [0, 0.05) is 18.1 Å². The molecule has 1 aliphatic rings. The molecule has 2 heterocycles. The van der Waals surface area contributed by atoms with E-state index in [1.807, 2.05) is 19.1 Å². The molecule has 6 nitrogen and oxygen atoms in total. The first-order valence-corrected chi connectivity index (χ1v) is 7.98. The second kappa shape index (κ2) is 6.12. The highest BCUT2D eigenvalue weighted by Gasteiger charge is 2.25. The van der Waals surface area contributed by atoms with Gasteiger partial charge in [0.1, 0.15) is 0 Å². The summed E-state index contributed by atoms with van der Waals surface area (Å²) in [6.07, 6.45) is 3.00. The van der Waals surface area contributed by atoms with Crippen molar-refractivity contribution in [3.05, 3.63) is 40.3 Å². The molecule has 6 heteroatoms. The maximum atomic E-state index is 12.6. The van der Waals surface area contributed by atoms with Gasteiger partial charge in [0.25, 0.3) is 5.56 Å². The molecule has 1 aromatic carbocycles. The van der Waals surface area contributed by atoms with E-state index in [1.165, 1.54) is 0 Å². The molecule has 1 fully saturated rings. The number of fused-ring (bicyclic) bond motifs is 1. The number of hydrogen-bond acceptors (Lipinski definition) is 4. The van der Waals surface area contributed by atoms with Crippen molar-refractivity contribution in [3.8, 4) is 0 Å². The summed E-state index contributed by atoms with van der Waals surface area (Å²) in [4.78, 5) is 28.0. The first kappa shape index (κ1) is 15.7. The minimum Gasteiger partial charge on any atom is -0.476 e. The third-order valence-electron chi connectivity index (χ3n) is 4.53. The van der Waals surface area contributed by atoms with Crippen LogP contribution in [0.25, 0.3) is 11.0 Å². The van der Waals surface area contributed by atoms with E-state index in [4.69, 9.17) is 0 Å². The zero-order valence-corrected chi connectivity index (χ0v) is 13.3. The molecular weight excluding hydrogens is 294 g/mol. The van der Waals surface area contributed by atoms with E-state index < -0.39 is 17.2 Å². The van der Waals surface area contributed by atoms with Crippen LogP contribution in [0, 0.1) is 0 Å². The lowest BCUT2D eigenvalue weighted by molar-refractivity contribution is 0.0688. The summed E-state index contributed by atoms with van der Waals surface area (Å²) >= 11 is 0. The number of carboxylic acid groups (broad SMARTS) is 1. The number of nitrogens with one attached hydrogen (secondary N) is 1. The second-order valence-corrected chi connectivity index (χ2v) is 6.36. The highest BCUT2D eigenvalue weighted by atomic mass is 16.4. The molecule has 0 spiro atoms. The number of aromatic nitrogens is 2. The zero-order valence-electron chi connectivity index (χ0n) is 13.3. The monoisotopic (exact) mass is 315 g/mol.